The zero-order valence-corrected chi connectivity index (χ0v) is 11.2. The summed E-state index contributed by atoms with van der Waals surface area (Å²) in [5.41, 5.74) is 2.22. The Balaban J connectivity index is 1.93. The van der Waals surface area contributed by atoms with E-state index in [9.17, 15) is 0 Å². The maximum absolute atomic E-state index is 4.23. The molecule has 0 aliphatic rings. The topological polar surface area (TPSA) is 37.8 Å². The third kappa shape index (κ3) is 3.61. The van der Waals surface area contributed by atoms with Crippen LogP contribution >= 0.6 is 15.9 Å². The van der Waals surface area contributed by atoms with Crippen LogP contribution < -0.4 is 5.32 Å². The highest BCUT2D eigenvalue weighted by atomic mass is 79.9. The molecule has 0 radical (unpaired) electrons. The van der Waals surface area contributed by atoms with Gasteiger partial charge in [0.2, 0.25) is 0 Å². The standard InChI is InChI=1S/C13H14BrN3/c1-10(11-2-4-12(14)5-3-11)17-9-13-8-15-6-7-16-13/h2-8,10,17H,9H2,1H3. The lowest BCUT2D eigenvalue weighted by molar-refractivity contribution is 0.566. The van der Waals surface area contributed by atoms with Crippen molar-refractivity contribution < 1.29 is 0 Å². The van der Waals surface area contributed by atoms with Gasteiger partial charge in [-0.15, -0.1) is 0 Å². The third-order valence-electron chi connectivity index (χ3n) is 2.58. The SMILES string of the molecule is CC(NCc1cnccn1)c1ccc(Br)cc1. The summed E-state index contributed by atoms with van der Waals surface area (Å²) in [6, 6.07) is 8.62. The van der Waals surface area contributed by atoms with Gasteiger partial charge in [0.1, 0.15) is 0 Å². The zero-order valence-electron chi connectivity index (χ0n) is 9.60. The monoisotopic (exact) mass is 291 g/mol. The van der Waals surface area contributed by atoms with Crippen molar-refractivity contribution in [3.05, 3.63) is 58.6 Å². The molecule has 1 N–H and O–H groups in total. The molecule has 1 heterocycles. The number of nitrogens with zero attached hydrogens (tertiary/aromatic N) is 2. The minimum atomic E-state index is 0.296. The second-order valence-electron chi connectivity index (χ2n) is 3.85. The molecule has 88 valence electrons. The fourth-order valence-electron chi connectivity index (χ4n) is 1.55. The van der Waals surface area contributed by atoms with Crippen LogP contribution in [-0.2, 0) is 6.54 Å². The molecule has 2 rings (SSSR count). The smallest absolute Gasteiger partial charge is 0.0724 e. The van der Waals surface area contributed by atoms with E-state index in [2.05, 4.69) is 62.4 Å². The average Bonchev–Trinajstić information content (AvgIpc) is 2.38. The van der Waals surface area contributed by atoms with Crippen LogP contribution in [0.3, 0.4) is 0 Å². The van der Waals surface area contributed by atoms with Gasteiger partial charge in [-0.3, -0.25) is 9.97 Å². The Morgan fingerprint density at radius 1 is 1.24 bits per heavy atom. The zero-order chi connectivity index (χ0) is 12.1. The van der Waals surface area contributed by atoms with Crippen LogP contribution in [-0.4, -0.2) is 9.97 Å². The predicted molar refractivity (Wildman–Crippen MR) is 71.4 cm³/mol. The van der Waals surface area contributed by atoms with Crippen molar-refractivity contribution in [2.24, 2.45) is 0 Å². The molecule has 0 saturated heterocycles. The molecule has 1 aromatic heterocycles. The molecular weight excluding hydrogens is 278 g/mol. The van der Waals surface area contributed by atoms with E-state index in [-0.39, 0.29) is 0 Å². The van der Waals surface area contributed by atoms with Crippen molar-refractivity contribution >= 4 is 15.9 Å². The van der Waals surface area contributed by atoms with E-state index in [1.807, 2.05) is 0 Å². The minimum absolute atomic E-state index is 0.296. The lowest BCUT2D eigenvalue weighted by Gasteiger charge is -2.13. The van der Waals surface area contributed by atoms with Crippen molar-refractivity contribution in [1.29, 1.82) is 0 Å². The van der Waals surface area contributed by atoms with Gasteiger partial charge in [0, 0.05) is 35.6 Å². The van der Waals surface area contributed by atoms with Gasteiger partial charge < -0.3 is 5.32 Å². The summed E-state index contributed by atoms with van der Waals surface area (Å²) in [5, 5.41) is 3.42. The molecule has 2 aromatic rings. The first-order valence-electron chi connectivity index (χ1n) is 5.49. The molecule has 0 spiro atoms. The van der Waals surface area contributed by atoms with Crippen molar-refractivity contribution in [3.8, 4) is 0 Å². The largest absolute Gasteiger partial charge is 0.305 e. The van der Waals surface area contributed by atoms with Crippen LogP contribution in [0.15, 0.2) is 47.3 Å². The van der Waals surface area contributed by atoms with Gasteiger partial charge in [-0.2, -0.15) is 0 Å². The molecule has 0 aliphatic carbocycles. The molecule has 17 heavy (non-hydrogen) atoms. The van der Waals surface area contributed by atoms with Crippen LogP contribution in [0.2, 0.25) is 0 Å². The van der Waals surface area contributed by atoms with Crippen LogP contribution in [0.5, 0.6) is 0 Å². The Morgan fingerprint density at radius 3 is 2.65 bits per heavy atom. The fraction of sp³-hybridized carbons (Fsp3) is 0.231. The summed E-state index contributed by atoms with van der Waals surface area (Å²) >= 11 is 3.43. The van der Waals surface area contributed by atoms with Crippen LogP contribution in [0, 0.1) is 0 Å². The average molecular weight is 292 g/mol. The van der Waals surface area contributed by atoms with E-state index in [0.717, 1.165) is 16.7 Å². The van der Waals surface area contributed by atoms with Gasteiger partial charge in [-0.1, -0.05) is 28.1 Å². The highest BCUT2D eigenvalue weighted by Gasteiger charge is 2.04. The number of aromatic nitrogens is 2. The van der Waals surface area contributed by atoms with Gasteiger partial charge >= 0.3 is 0 Å². The van der Waals surface area contributed by atoms with Crippen molar-refractivity contribution in [1.82, 2.24) is 15.3 Å². The first-order valence-corrected chi connectivity index (χ1v) is 6.29. The molecule has 1 atom stereocenters. The lowest BCUT2D eigenvalue weighted by atomic mass is 10.1. The first-order chi connectivity index (χ1) is 8.25. The molecular formula is C13H14BrN3. The molecule has 0 saturated carbocycles. The highest BCUT2D eigenvalue weighted by Crippen LogP contribution is 2.16. The Labute approximate surface area is 109 Å². The lowest BCUT2D eigenvalue weighted by Crippen LogP contribution is -2.18. The number of rotatable bonds is 4. The first kappa shape index (κ1) is 12.2. The molecule has 0 fully saturated rings. The van der Waals surface area contributed by atoms with Crippen molar-refractivity contribution in [2.75, 3.05) is 0 Å². The van der Waals surface area contributed by atoms with E-state index in [4.69, 9.17) is 0 Å². The van der Waals surface area contributed by atoms with E-state index in [0.29, 0.717) is 6.04 Å². The molecule has 0 bridgehead atoms. The molecule has 1 aromatic carbocycles. The Morgan fingerprint density at radius 2 is 2.00 bits per heavy atom. The number of nitrogens with one attached hydrogen (secondary N) is 1. The Kier molecular flexibility index (Phi) is 4.23. The summed E-state index contributed by atoms with van der Waals surface area (Å²) in [6.07, 6.45) is 5.17. The quantitative estimate of drug-likeness (QED) is 0.941. The summed E-state index contributed by atoms with van der Waals surface area (Å²) < 4.78 is 1.10. The van der Waals surface area contributed by atoms with Crippen LogP contribution in [0.25, 0.3) is 0 Å². The second kappa shape index (κ2) is 5.89. The van der Waals surface area contributed by atoms with Crippen LogP contribution in [0.1, 0.15) is 24.2 Å². The molecule has 4 heteroatoms. The van der Waals surface area contributed by atoms with E-state index >= 15 is 0 Å². The molecule has 1 unspecified atom stereocenters. The van der Waals surface area contributed by atoms with E-state index < -0.39 is 0 Å². The van der Waals surface area contributed by atoms with Crippen molar-refractivity contribution in [3.63, 3.8) is 0 Å². The van der Waals surface area contributed by atoms with Gasteiger partial charge in [0.25, 0.3) is 0 Å². The summed E-state index contributed by atoms with van der Waals surface area (Å²) in [6.45, 7) is 2.87. The minimum Gasteiger partial charge on any atom is -0.305 e. The highest BCUT2D eigenvalue weighted by molar-refractivity contribution is 9.10. The van der Waals surface area contributed by atoms with E-state index in [1.54, 1.807) is 18.6 Å². The maximum atomic E-state index is 4.23. The number of halogens is 1. The summed E-state index contributed by atoms with van der Waals surface area (Å²) in [4.78, 5) is 8.26. The predicted octanol–water partition coefficient (Wildman–Crippen LogP) is 3.09. The molecule has 0 aliphatic heterocycles. The van der Waals surface area contributed by atoms with Gasteiger partial charge in [0.05, 0.1) is 5.69 Å². The van der Waals surface area contributed by atoms with Gasteiger partial charge in [-0.05, 0) is 24.6 Å². The Hall–Kier alpha value is -1.26. The Bertz CT molecular complexity index is 456. The number of hydrogen-bond donors (Lipinski definition) is 1. The third-order valence-corrected chi connectivity index (χ3v) is 3.10. The molecule has 0 amide bonds. The normalized spacial score (nSPS) is 12.4. The van der Waals surface area contributed by atoms with Gasteiger partial charge in [0.15, 0.2) is 0 Å². The van der Waals surface area contributed by atoms with Crippen LogP contribution in [0.4, 0.5) is 0 Å². The summed E-state index contributed by atoms with van der Waals surface area (Å²) in [7, 11) is 0. The van der Waals surface area contributed by atoms with Crippen molar-refractivity contribution in [2.45, 2.75) is 19.5 Å². The summed E-state index contributed by atoms with van der Waals surface area (Å²) in [5.74, 6) is 0. The van der Waals surface area contributed by atoms with E-state index in [1.165, 1.54) is 5.56 Å². The number of hydrogen-bond acceptors (Lipinski definition) is 3. The maximum Gasteiger partial charge on any atom is 0.0724 e. The van der Waals surface area contributed by atoms with Gasteiger partial charge in [-0.25, -0.2) is 0 Å². The second-order valence-corrected chi connectivity index (χ2v) is 4.77. The number of benzene rings is 1. The molecule has 3 nitrogen and oxygen atoms in total. The fourth-order valence-corrected chi connectivity index (χ4v) is 1.81.